The lowest BCUT2D eigenvalue weighted by atomic mass is 10.1. The summed E-state index contributed by atoms with van der Waals surface area (Å²) in [7, 11) is 3.95. The number of amides is 2. The summed E-state index contributed by atoms with van der Waals surface area (Å²) in [5.41, 5.74) is 2.94. The van der Waals surface area contributed by atoms with Gasteiger partial charge in [0.25, 0.3) is 5.91 Å². The minimum Gasteiger partial charge on any atom is -0.351 e. The molecule has 1 aliphatic rings. The molecule has 2 aromatic carbocycles. The van der Waals surface area contributed by atoms with Crippen molar-refractivity contribution in [3.8, 4) is 0 Å². The zero-order chi connectivity index (χ0) is 19.9. The van der Waals surface area contributed by atoms with Crippen molar-refractivity contribution in [2.45, 2.75) is 11.8 Å². The second-order valence-electron chi connectivity index (χ2n) is 7.17. The van der Waals surface area contributed by atoms with Gasteiger partial charge in [-0.1, -0.05) is 42.5 Å². The van der Waals surface area contributed by atoms with Gasteiger partial charge in [-0.15, -0.1) is 11.8 Å². The third kappa shape index (κ3) is 5.36. The normalized spacial score (nSPS) is 16.6. The summed E-state index contributed by atoms with van der Waals surface area (Å²) >= 11 is 1.65. The molecule has 3 rings (SSSR count). The van der Waals surface area contributed by atoms with Crippen LogP contribution in [-0.2, 0) is 11.2 Å². The number of nitrogens with zero attached hydrogens (tertiary/aromatic N) is 2. The SMILES string of the molecule is CN(C)CCNC(=O)c1ccc(C2SCC(=O)N2CCc2ccccc2)cc1. The van der Waals surface area contributed by atoms with Crippen LogP contribution in [0.2, 0.25) is 0 Å². The molecule has 6 heteroatoms. The number of hydrogen-bond acceptors (Lipinski definition) is 4. The van der Waals surface area contributed by atoms with E-state index in [1.807, 2.05) is 66.4 Å². The number of nitrogens with one attached hydrogen (secondary N) is 1. The first kappa shape index (κ1) is 20.4. The maximum Gasteiger partial charge on any atom is 0.251 e. The molecule has 148 valence electrons. The maximum absolute atomic E-state index is 12.4. The molecule has 1 unspecified atom stereocenters. The predicted molar refractivity (Wildman–Crippen MR) is 114 cm³/mol. The van der Waals surface area contributed by atoms with Crippen molar-refractivity contribution >= 4 is 23.6 Å². The minimum atomic E-state index is -0.0653. The van der Waals surface area contributed by atoms with Crippen molar-refractivity contribution in [3.63, 3.8) is 0 Å². The van der Waals surface area contributed by atoms with Crippen molar-refractivity contribution in [1.82, 2.24) is 15.1 Å². The average molecular weight is 398 g/mol. The predicted octanol–water partition coefficient (Wildman–Crippen LogP) is 2.79. The van der Waals surface area contributed by atoms with E-state index in [2.05, 4.69) is 17.4 Å². The summed E-state index contributed by atoms with van der Waals surface area (Å²) < 4.78 is 0. The molecular weight excluding hydrogens is 370 g/mol. The Morgan fingerprint density at radius 3 is 2.54 bits per heavy atom. The van der Waals surface area contributed by atoms with E-state index < -0.39 is 0 Å². The molecule has 0 bridgehead atoms. The molecule has 2 amide bonds. The zero-order valence-corrected chi connectivity index (χ0v) is 17.2. The van der Waals surface area contributed by atoms with Gasteiger partial charge in [-0.3, -0.25) is 9.59 Å². The van der Waals surface area contributed by atoms with Crippen LogP contribution >= 0.6 is 11.8 Å². The molecule has 0 aromatic heterocycles. The van der Waals surface area contributed by atoms with Gasteiger partial charge in [0.15, 0.2) is 0 Å². The molecule has 1 atom stereocenters. The molecule has 0 spiro atoms. The number of likely N-dealkylation sites (N-methyl/N-ethyl adjacent to an activating group) is 1. The van der Waals surface area contributed by atoms with Crippen LogP contribution in [0.3, 0.4) is 0 Å². The highest BCUT2D eigenvalue weighted by Gasteiger charge is 2.32. The third-order valence-corrected chi connectivity index (χ3v) is 6.01. The highest BCUT2D eigenvalue weighted by molar-refractivity contribution is 8.00. The summed E-state index contributed by atoms with van der Waals surface area (Å²) in [5, 5.41) is 2.94. The van der Waals surface area contributed by atoms with Gasteiger partial charge < -0.3 is 15.1 Å². The highest BCUT2D eigenvalue weighted by Crippen LogP contribution is 2.38. The Hall–Kier alpha value is -2.31. The average Bonchev–Trinajstić information content (AvgIpc) is 3.07. The van der Waals surface area contributed by atoms with Crippen molar-refractivity contribution in [1.29, 1.82) is 0 Å². The van der Waals surface area contributed by atoms with Crippen LogP contribution in [0.5, 0.6) is 0 Å². The molecule has 1 N–H and O–H groups in total. The lowest BCUT2D eigenvalue weighted by Crippen LogP contribution is -2.31. The van der Waals surface area contributed by atoms with E-state index in [1.165, 1.54) is 5.56 Å². The molecule has 1 aliphatic heterocycles. The van der Waals surface area contributed by atoms with Crippen molar-refractivity contribution < 1.29 is 9.59 Å². The van der Waals surface area contributed by atoms with Crippen LogP contribution in [0, 0.1) is 0 Å². The number of rotatable bonds is 8. The van der Waals surface area contributed by atoms with E-state index in [-0.39, 0.29) is 17.2 Å². The van der Waals surface area contributed by atoms with E-state index in [9.17, 15) is 9.59 Å². The number of carbonyl (C=O) groups is 2. The van der Waals surface area contributed by atoms with E-state index in [0.29, 0.717) is 24.4 Å². The molecule has 2 aromatic rings. The second kappa shape index (κ2) is 9.75. The Morgan fingerprint density at radius 2 is 1.86 bits per heavy atom. The molecule has 1 fully saturated rings. The van der Waals surface area contributed by atoms with Gasteiger partial charge in [0.2, 0.25) is 5.91 Å². The molecule has 0 aliphatic carbocycles. The number of hydrogen-bond donors (Lipinski definition) is 1. The minimum absolute atomic E-state index is 0.0158. The third-order valence-electron chi connectivity index (χ3n) is 4.75. The topological polar surface area (TPSA) is 52.7 Å². The molecule has 0 radical (unpaired) electrons. The lowest BCUT2D eigenvalue weighted by molar-refractivity contribution is -0.128. The van der Waals surface area contributed by atoms with Crippen LogP contribution in [0.1, 0.15) is 26.9 Å². The van der Waals surface area contributed by atoms with Crippen LogP contribution in [-0.4, -0.2) is 61.1 Å². The molecule has 1 heterocycles. The van der Waals surface area contributed by atoms with E-state index in [1.54, 1.807) is 11.8 Å². The van der Waals surface area contributed by atoms with Crippen LogP contribution in [0.15, 0.2) is 54.6 Å². The first-order valence-electron chi connectivity index (χ1n) is 9.52. The second-order valence-corrected chi connectivity index (χ2v) is 8.24. The molecule has 1 saturated heterocycles. The van der Waals surface area contributed by atoms with Gasteiger partial charge in [0.05, 0.1) is 5.75 Å². The van der Waals surface area contributed by atoms with E-state index >= 15 is 0 Å². The first-order chi connectivity index (χ1) is 13.5. The summed E-state index contributed by atoms with van der Waals surface area (Å²) in [6.07, 6.45) is 0.843. The lowest BCUT2D eigenvalue weighted by Gasteiger charge is -2.24. The van der Waals surface area contributed by atoms with Crippen LogP contribution in [0.4, 0.5) is 0 Å². The van der Waals surface area contributed by atoms with Gasteiger partial charge >= 0.3 is 0 Å². The Morgan fingerprint density at radius 1 is 1.14 bits per heavy atom. The van der Waals surface area contributed by atoms with E-state index in [0.717, 1.165) is 18.5 Å². The van der Waals surface area contributed by atoms with Gasteiger partial charge in [-0.25, -0.2) is 0 Å². The largest absolute Gasteiger partial charge is 0.351 e. The van der Waals surface area contributed by atoms with Crippen LogP contribution < -0.4 is 5.32 Å². The monoisotopic (exact) mass is 397 g/mol. The van der Waals surface area contributed by atoms with Crippen molar-refractivity contribution in [2.75, 3.05) is 39.5 Å². The Labute approximate surface area is 171 Å². The summed E-state index contributed by atoms with van der Waals surface area (Å²) in [6.45, 7) is 2.13. The smallest absolute Gasteiger partial charge is 0.251 e. The molecule has 0 saturated carbocycles. The Balaban J connectivity index is 1.61. The quantitative estimate of drug-likeness (QED) is 0.744. The van der Waals surface area contributed by atoms with Crippen molar-refractivity contribution in [2.24, 2.45) is 0 Å². The number of carbonyl (C=O) groups excluding carboxylic acids is 2. The highest BCUT2D eigenvalue weighted by atomic mass is 32.2. The number of thioether (sulfide) groups is 1. The summed E-state index contributed by atoms with van der Waals surface area (Å²) in [6, 6.07) is 17.9. The van der Waals surface area contributed by atoms with Gasteiger partial charge in [0.1, 0.15) is 5.37 Å². The fraction of sp³-hybridized carbons (Fsp3) is 0.364. The Kier molecular flexibility index (Phi) is 7.12. The Bertz CT molecular complexity index is 793. The number of benzene rings is 2. The maximum atomic E-state index is 12.4. The molecule has 5 nitrogen and oxygen atoms in total. The fourth-order valence-electron chi connectivity index (χ4n) is 3.16. The van der Waals surface area contributed by atoms with Gasteiger partial charge in [0, 0.05) is 25.2 Å². The fourth-order valence-corrected chi connectivity index (χ4v) is 4.38. The van der Waals surface area contributed by atoms with Crippen LogP contribution in [0.25, 0.3) is 0 Å². The zero-order valence-electron chi connectivity index (χ0n) is 16.4. The summed E-state index contributed by atoms with van der Waals surface area (Å²) in [5.74, 6) is 0.618. The van der Waals surface area contributed by atoms with Crippen molar-refractivity contribution in [3.05, 3.63) is 71.3 Å². The standard InChI is InChI=1S/C22H27N3O2S/c1-24(2)15-13-23-21(27)18-8-10-19(11-9-18)22-25(20(26)16-28-22)14-12-17-6-4-3-5-7-17/h3-11,22H,12-16H2,1-2H3,(H,23,27). The first-order valence-corrected chi connectivity index (χ1v) is 10.6. The molecule has 28 heavy (non-hydrogen) atoms. The molecular formula is C22H27N3O2S. The van der Waals surface area contributed by atoms with E-state index in [4.69, 9.17) is 0 Å². The van der Waals surface area contributed by atoms with Gasteiger partial charge in [-0.2, -0.15) is 0 Å². The summed E-state index contributed by atoms with van der Waals surface area (Å²) in [4.78, 5) is 28.6. The van der Waals surface area contributed by atoms with Gasteiger partial charge in [-0.05, 0) is 43.8 Å².